The number of amides is 1. The summed E-state index contributed by atoms with van der Waals surface area (Å²) in [6, 6.07) is 0. The van der Waals surface area contributed by atoms with Gasteiger partial charge in [0.05, 0.1) is 32.0 Å². The summed E-state index contributed by atoms with van der Waals surface area (Å²) in [7, 11) is 1.62. The highest BCUT2D eigenvalue weighted by Crippen LogP contribution is 2.23. The number of ether oxygens (including phenoxy) is 2. The molecule has 1 saturated heterocycles. The zero-order valence-corrected chi connectivity index (χ0v) is 14.6. The molecule has 0 bridgehead atoms. The minimum Gasteiger partial charge on any atom is -0.383 e. The molecule has 10 nitrogen and oxygen atoms in total. The fraction of sp³-hybridized carbons (Fsp3) is 0.667. The molecule has 136 valence electrons. The van der Waals surface area contributed by atoms with Crippen LogP contribution in [0, 0.1) is 6.92 Å². The average molecular weight is 350 g/mol. The van der Waals surface area contributed by atoms with E-state index in [9.17, 15) is 4.79 Å². The predicted octanol–water partition coefficient (Wildman–Crippen LogP) is 0.392. The molecule has 1 amide bonds. The largest absolute Gasteiger partial charge is 0.383 e. The molecule has 1 aliphatic rings. The topological polar surface area (TPSA) is 108 Å². The Labute approximate surface area is 145 Å². The van der Waals surface area contributed by atoms with Crippen LogP contribution in [0.15, 0.2) is 4.52 Å². The third-order valence-electron chi connectivity index (χ3n) is 4.19. The van der Waals surface area contributed by atoms with Crippen molar-refractivity contribution in [1.82, 2.24) is 30.3 Å². The maximum absolute atomic E-state index is 12.9. The highest BCUT2D eigenvalue weighted by molar-refractivity contribution is 5.96. The second kappa shape index (κ2) is 7.70. The molecule has 0 aliphatic carbocycles. The van der Waals surface area contributed by atoms with E-state index >= 15 is 0 Å². The van der Waals surface area contributed by atoms with E-state index in [0.29, 0.717) is 62.1 Å². The van der Waals surface area contributed by atoms with Crippen molar-refractivity contribution in [2.45, 2.75) is 32.9 Å². The van der Waals surface area contributed by atoms with Gasteiger partial charge in [-0.3, -0.25) is 4.79 Å². The number of rotatable bonds is 6. The van der Waals surface area contributed by atoms with Crippen LogP contribution in [0.25, 0.3) is 0 Å². The number of hydrogen-bond acceptors (Lipinski definition) is 8. The summed E-state index contributed by atoms with van der Waals surface area (Å²) < 4.78 is 17.7. The molecule has 25 heavy (non-hydrogen) atoms. The summed E-state index contributed by atoms with van der Waals surface area (Å²) in [6.07, 6.45) is 0.261. The van der Waals surface area contributed by atoms with Crippen LogP contribution in [0.1, 0.15) is 40.7 Å². The van der Waals surface area contributed by atoms with Crippen LogP contribution in [0.4, 0.5) is 0 Å². The van der Waals surface area contributed by atoms with E-state index < -0.39 is 0 Å². The first kappa shape index (κ1) is 17.5. The molecule has 0 saturated carbocycles. The number of morpholine rings is 1. The Hall–Kier alpha value is -2.33. The van der Waals surface area contributed by atoms with Crippen molar-refractivity contribution in [3.8, 4) is 0 Å². The van der Waals surface area contributed by atoms with Gasteiger partial charge >= 0.3 is 0 Å². The Morgan fingerprint density at radius 1 is 1.44 bits per heavy atom. The van der Waals surface area contributed by atoms with Crippen LogP contribution in [0.2, 0.25) is 0 Å². The first-order valence-electron chi connectivity index (χ1n) is 8.26. The zero-order valence-electron chi connectivity index (χ0n) is 14.6. The van der Waals surface area contributed by atoms with Gasteiger partial charge in [0.1, 0.15) is 17.4 Å². The Morgan fingerprint density at radius 3 is 3.04 bits per heavy atom. The number of carbonyl (C=O) groups excluding carboxylic acids is 1. The fourth-order valence-corrected chi connectivity index (χ4v) is 2.86. The summed E-state index contributed by atoms with van der Waals surface area (Å²) in [4.78, 5) is 14.7. The SMILES string of the molecule is CCc1noc(C)c1C(=O)N1CCOC(c2nnnn2CCOC)C1. The number of methoxy groups -OCH3 is 1. The van der Waals surface area contributed by atoms with E-state index in [2.05, 4.69) is 20.7 Å². The highest BCUT2D eigenvalue weighted by atomic mass is 16.5. The predicted molar refractivity (Wildman–Crippen MR) is 84.9 cm³/mol. The van der Waals surface area contributed by atoms with Crippen LogP contribution in [0.5, 0.6) is 0 Å². The second-order valence-corrected chi connectivity index (χ2v) is 5.78. The van der Waals surface area contributed by atoms with Crippen molar-refractivity contribution in [3.63, 3.8) is 0 Å². The van der Waals surface area contributed by atoms with E-state index in [-0.39, 0.29) is 12.0 Å². The van der Waals surface area contributed by atoms with Gasteiger partial charge in [-0.15, -0.1) is 5.10 Å². The zero-order chi connectivity index (χ0) is 17.8. The van der Waals surface area contributed by atoms with Crippen molar-refractivity contribution in [2.75, 3.05) is 33.4 Å². The van der Waals surface area contributed by atoms with Gasteiger partial charge in [-0.2, -0.15) is 0 Å². The first-order valence-corrected chi connectivity index (χ1v) is 8.26. The molecule has 3 heterocycles. The van der Waals surface area contributed by atoms with E-state index in [0.717, 1.165) is 0 Å². The van der Waals surface area contributed by atoms with Gasteiger partial charge in [-0.25, -0.2) is 4.68 Å². The summed E-state index contributed by atoms with van der Waals surface area (Å²) in [5, 5.41) is 15.7. The van der Waals surface area contributed by atoms with Gasteiger partial charge in [0.25, 0.3) is 5.91 Å². The quantitative estimate of drug-likeness (QED) is 0.736. The van der Waals surface area contributed by atoms with Crippen LogP contribution in [-0.4, -0.2) is 69.6 Å². The molecule has 1 atom stereocenters. The van der Waals surface area contributed by atoms with Gasteiger partial charge in [-0.05, 0) is 23.8 Å². The van der Waals surface area contributed by atoms with Crippen LogP contribution < -0.4 is 0 Å². The van der Waals surface area contributed by atoms with Gasteiger partial charge in [0.2, 0.25) is 0 Å². The lowest BCUT2D eigenvalue weighted by Crippen LogP contribution is -2.43. The molecule has 1 fully saturated rings. The van der Waals surface area contributed by atoms with Gasteiger partial charge in [0, 0.05) is 13.7 Å². The summed E-state index contributed by atoms with van der Waals surface area (Å²) >= 11 is 0. The molecular weight excluding hydrogens is 328 g/mol. The van der Waals surface area contributed by atoms with Crippen LogP contribution in [0.3, 0.4) is 0 Å². The maximum Gasteiger partial charge on any atom is 0.259 e. The van der Waals surface area contributed by atoms with Gasteiger partial charge in [0.15, 0.2) is 5.82 Å². The Morgan fingerprint density at radius 2 is 2.28 bits per heavy atom. The second-order valence-electron chi connectivity index (χ2n) is 5.78. The van der Waals surface area contributed by atoms with Gasteiger partial charge < -0.3 is 18.9 Å². The number of aryl methyl sites for hydroxylation is 2. The molecule has 10 heteroatoms. The summed E-state index contributed by atoms with van der Waals surface area (Å²) in [5.74, 6) is 1.03. The van der Waals surface area contributed by atoms with E-state index in [1.165, 1.54) is 0 Å². The fourth-order valence-electron chi connectivity index (χ4n) is 2.86. The van der Waals surface area contributed by atoms with Crippen molar-refractivity contribution in [1.29, 1.82) is 0 Å². The third-order valence-corrected chi connectivity index (χ3v) is 4.19. The lowest BCUT2D eigenvalue weighted by Gasteiger charge is -2.32. The number of aromatic nitrogens is 5. The van der Waals surface area contributed by atoms with Crippen LogP contribution in [-0.2, 0) is 22.4 Å². The van der Waals surface area contributed by atoms with E-state index in [4.69, 9.17) is 14.0 Å². The first-order chi connectivity index (χ1) is 12.2. The molecular formula is C15H22N6O4. The lowest BCUT2D eigenvalue weighted by molar-refractivity contribution is -0.0292. The summed E-state index contributed by atoms with van der Waals surface area (Å²) in [6.45, 7) is 6.01. The standard InChI is InChI=1S/C15H22N6O4/c1-4-11-13(10(2)25-17-11)15(22)20-5-8-24-12(9-20)14-16-18-19-21(14)6-7-23-3/h12H,4-9H2,1-3H3. The van der Waals surface area contributed by atoms with Crippen molar-refractivity contribution >= 4 is 5.91 Å². The van der Waals surface area contributed by atoms with E-state index in [1.54, 1.807) is 23.6 Å². The maximum atomic E-state index is 12.9. The van der Waals surface area contributed by atoms with Gasteiger partial charge in [-0.1, -0.05) is 12.1 Å². The molecule has 0 radical (unpaired) electrons. The van der Waals surface area contributed by atoms with Crippen LogP contribution >= 0.6 is 0 Å². The number of carbonyl (C=O) groups is 1. The third kappa shape index (κ3) is 3.54. The van der Waals surface area contributed by atoms with E-state index in [1.807, 2.05) is 6.92 Å². The molecule has 2 aromatic heterocycles. The Bertz CT molecular complexity index is 727. The Kier molecular flexibility index (Phi) is 5.39. The lowest BCUT2D eigenvalue weighted by atomic mass is 10.1. The normalized spacial score (nSPS) is 17.9. The summed E-state index contributed by atoms with van der Waals surface area (Å²) in [5.41, 5.74) is 1.22. The molecule has 3 rings (SSSR count). The molecule has 1 unspecified atom stereocenters. The number of tetrazole rings is 1. The minimum absolute atomic E-state index is 0.0974. The highest BCUT2D eigenvalue weighted by Gasteiger charge is 2.32. The molecule has 0 N–H and O–H groups in total. The number of nitrogens with zero attached hydrogens (tertiary/aromatic N) is 6. The monoisotopic (exact) mass is 350 g/mol. The van der Waals surface area contributed by atoms with Crippen molar-refractivity contribution < 1.29 is 18.8 Å². The minimum atomic E-state index is -0.380. The molecule has 1 aliphatic heterocycles. The smallest absolute Gasteiger partial charge is 0.259 e. The van der Waals surface area contributed by atoms with Crippen molar-refractivity contribution in [2.24, 2.45) is 0 Å². The van der Waals surface area contributed by atoms with Crippen molar-refractivity contribution in [3.05, 3.63) is 22.8 Å². The molecule has 0 spiro atoms. The Balaban J connectivity index is 1.76. The number of hydrogen-bond donors (Lipinski definition) is 0. The molecule has 2 aromatic rings. The molecule has 0 aromatic carbocycles. The average Bonchev–Trinajstić information content (AvgIpc) is 3.25.